The van der Waals surface area contributed by atoms with Gasteiger partial charge < -0.3 is 9.64 Å². The van der Waals surface area contributed by atoms with Crippen LogP contribution in [0.1, 0.15) is 25.5 Å². The minimum absolute atomic E-state index is 0.0783. The maximum atomic E-state index is 13.1. The number of amides is 1. The number of ether oxygens (including phenoxy) is 1. The van der Waals surface area contributed by atoms with E-state index >= 15 is 0 Å². The molecule has 3 heterocycles. The third kappa shape index (κ3) is 4.04. The van der Waals surface area contributed by atoms with Crippen molar-refractivity contribution in [3.05, 3.63) is 47.4 Å². The zero-order valence-corrected chi connectivity index (χ0v) is 16.0. The molecule has 3 aromatic rings. The number of benzene rings is 1. The van der Waals surface area contributed by atoms with Gasteiger partial charge in [0.2, 0.25) is 5.91 Å². The predicted molar refractivity (Wildman–Crippen MR) is 103 cm³/mol. The Hall–Kier alpha value is -2.25. The molecule has 0 aliphatic carbocycles. The normalized spacial score (nSPS) is 16.9. The first-order chi connectivity index (χ1) is 13.1. The van der Waals surface area contributed by atoms with Gasteiger partial charge in [-0.25, -0.2) is 9.37 Å². The van der Waals surface area contributed by atoms with Gasteiger partial charge in [-0.2, -0.15) is 0 Å². The first-order valence-corrected chi connectivity index (χ1v) is 10.1. The smallest absolute Gasteiger partial charge is 0.219 e. The third-order valence-corrected chi connectivity index (χ3v) is 5.84. The molecule has 5 nitrogen and oxygen atoms in total. The maximum absolute atomic E-state index is 13.1. The van der Waals surface area contributed by atoms with Gasteiger partial charge in [0.15, 0.2) is 4.96 Å². The highest BCUT2D eigenvalue weighted by molar-refractivity contribution is 7.15. The summed E-state index contributed by atoms with van der Waals surface area (Å²) in [5, 5.41) is 2.08. The summed E-state index contributed by atoms with van der Waals surface area (Å²) in [7, 11) is 0. The van der Waals surface area contributed by atoms with Crippen molar-refractivity contribution in [3.63, 3.8) is 0 Å². The molecule has 1 aliphatic heterocycles. The van der Waals surface area contributed by atoms with E-state index in [2.05, 4.69) is 14.8 Å². The molecule has 1 fully saturated rings. The average Bonchev–Trinajstić information content (AvgIpc) is 3.37. The molecule has 2 aromatic heterocycles. The number of hydrogen-bond acceptors (Lipinski definition) is 4. The summed E-state index contributed by atoms with van der Waals surface area (Å²) >= 11 is 1.58. The van der Waals surface area contributed by atoms with Crippen LogP contribution in [0.15, 0.2) is 35.8 Å². The van der Waals surface area contributed by atoms with Crippen molar-refractivity contribution >= 4 is 22.2 Å². The van der Waals surface area contributed by atoms with E-state index < -0.39 is 0 Å². The fourth-order valence-electron chi connectivity index (χ4n) is 3.43. The largest absolute Gasteiger partial charge is 0.376 e. The first kappa shape index (κ1) is 18.1. The lowest BCUT2D eigenvalue weighted by atomic mass is 10.2. The fourth-order valence-corrected chi connectivity index (χ4v) is 4.34. The van der Waals surface area contributed by atoms with Gasteiger partial charge in [0.25, 0.3) is 0 Å². The Balaban J connectivity index is 1.48. The summed E-state index contributed by atoms with van der Waals surface area (Å²) in [6.07, 6.45) is 4.99. The second kappa shape index (κ2) is 7.78. The van der Waals surface area contributed by atoms with E-state index in [0.29, 0.717) is 13.1 Å². The molecule has 27 heavy (non-hydrogen) atoms. The van der Waals surface area contributed by atoms with E-state index in [1.807, 2.05) is 11.1 Å². The van der Waals surface area contributed by atoms with Crippen LogP contribution in [-0.2, 0) is 16.0 Å². The van der Waals surface area contributed by atoms with Gasteiger partial charge in [-0.05, 0) is 37.1 Å². The third-order valence-electron chi connectivity index (χ3n) is 4.95. The molecule has 1 saturated heterocycles. The molecule has 1 aromatic carbocycles. The van der Waals surface area contributed by atoms with E-state index in [9.17, 15) is 9.18 Å². The van der Waals surface area contributed by atoms with Crippen molar-refractivity contribution in [3.8, 4) is 11.3 Å². The lowest BCUT2D eigenvalue weighted by Crippen LogP contribution is -2.37. The molecule has 0 N–H and O–H groups in total. The highest BCUT2D eigenvalue weighted by Crippen LogP contribution is 2.24. The monoisotopic (exact) mass is 387 g/mol. The van der Waals surface area contributed by atoms with Gasteiger partial charge in [0, 0.05) is 55.9 Å². The van der Waals surface area contributed by atoms with Gasteiger partial charge in [-0.1, -0.05) is 0 Å². The number of nitrogens with zero attached hydrogens (tertiary/aromatic N) is 3. The van der Waals surface area contributed by atoms with Gasteiger partial charge in [-0.3, -0.25) is 9.20 Å². The van der Waals surface area contributed by atoms with E-state index in [0.717, 1.165) is 47.8 Å². The molecule has 142 valence electrons. The predicted octanol–water partition coefficient (Wildman–Crippen LogP) is 3.77. The molecular weight excluding hydrogens is 365 g/mol. The van der Waals surface area contributed by atoms with Gasteiger partial charge in [-0.15, -0.1) is 11.3 Å². The summed E-state index contributed by atoms with van der Waals surface area (Å²) in [4.78, 5) is 19.4. The van der Waals surface area contributed by atoms with Crippen LogP contribution in [0.4, 0.5) is 4.39 Å². The van der Waals surface area contributed by atoms with Crippen LogP contribution in [0, 0.1) is 5.82 Å². The van der Waals surface area contributed by atoms with E-state index in [4.69, 9.17) is 4.74 Å². The van der Waals surface area contributed by atoms with Crippen LogP contribution in [0.5, 0.6) is 0 Å². The summed E-state index contributed by atoms with van der Waals surface area (Å²) in [5.41, 5.74) is 2.84. The summed E-state index contributed by atoms with van der Waals surface area (Å²) < 4.78 is 20.9. The Morgan fingerprint density at radius 2 is 2.22 bits per heavy atom. The number of fused-ring (bicyclic) bond motifs is 1. The van der Waals surface area contributed by atoms with Gasteiger partial charge in [0.05, 0.1) is 11.8 Å². The second-order valence-corrected chi connectivity index (χ2v) is 7.70. The molecule has 0 spiro atoms. The zero-order valence-electron chi connectivity index (χ0n) is 15.2. The SMILES string of the molecule is CC(=O)N(CCc1csc2nc(-c3ccc(F)cc3)cn12)CC1CCCO1. The Kier molecular flexibility index (Phi) is 5.22. The van der Waals surface area contributed by atoms with Crippen molar-refractivity contribution in [2.45, 2.75) is 32.3 Å². The molecule has 0 saturated carbocycles. The zero-order chi connectivity index (χ0) is 18.8. The number of thiazole rings is 1. The molecule has 0 radical (unpaired) electrons. The summed E-state index contributed by atoms with van der Waals surface area (Å²) in [6.45, 7) is 3.73. The molecule has 7 heteroatoms. The Labute approximate surface area is 161 Å². The highest BCUT2D eigenvalue weighted by atomic mass is 32.1. The van der Waals surface area contributed by atoms with Crippen molar-refractivity contribution in [1.29, 1.82) is 0 Å². The second-order valence-electron chi connectivity index (χ2n) is 6.86. The highest BCUT2D eigenvalue weighted by Gasteiger charge is 2.21. The van der Waals surface area contributed by atoms with Crippen LogP contribution in [0.3, 0.4) is 0 Å². The van der Waals surface area contributed by atoms with Crippen LogP contribution in [0.2, 0.25) is 0 Å². The number of hydrogen-bond donors (Lipinski definition) is 0. The Bertz CT molecular complexity index is 929. The average molecular weight is 387 g/mol. The number of imidazole rings is 1. The van der Waals surface area contributed by atoms with Crippen molar-refractivity contribution in [2.75, 3.05) is 19.7 Å². The number of halogens is 1. The van der Waals surface area contributed by atoms with E-state index in [-0.39, 0.29) is 17.8 Å². The Morgan fingerprint density at radius 1 is 1.41 bits per heavy atom. The summed E-state index contributed by atoms with van der Waals surface area (Å²) in [6, 6.07) is 6.36. The topological polar surface area (TPSA) is 46.8 Å². The molecule has 1 atom stereocenters. The number of carbonyl (C=O) groups excluding carboxylic acids is 1. The quantitative estimate of drug-likeness (QED) is 0.647. The van der Waals surface area contributed by atoms with Crippen LogP contribution >= 0.6 is 11.3 Å². The minimum Gasteiger partial charge on any atom is -0.376 e. The lowest BCUT2D eigenvalue weighted by molar-refractivity contribution is -0.130. The van der Waals surface area contributed by atoms with Gasteiger partial charge >= 0.3 is 0 Å². The molecular formula is C20H22FN3O2S. The number of carbonyl (C=O) groups is 1. The van der Waals surface area contributed by atoms with E-state index in [1.54, 1.807) is 30.4 Å². The van der Waals surface area contributed by atoms with Crippen molar-refractivity contribution < 1.29 is 13.9 Å². The number of rotatable bonds is 6. The van der Waals surface area contributed by atoms with Crippen LogP contribution < -0.4 is 0 Å². The standard InChI is InChI=1S/C20H22FN3O2S/c1-14(25)23(11-18-3-2-10-26-18)9-8-17-13-27-20-22-19(12-24(17)20)15-4-6-16(21)7-5-15/h4-7,12-13,18H,2-3,8-11H2,1H3. The maximum Gasteiger partial charge on any atom is 0.219 e. The van der Waals surface area contributed by atoms with Crippen molar-refractivity contribution in [1.82, 2.24) is 14.3 Å². The molecule has 4 rings (SSSR count). The Morgan fingerprint density at radius 3 is 2.93 bits per heavy atom. The number of aromatic nitrogens is 2. The lowest BCUT2D eigenvalue weighted by Gasteiger charge is -2.24. The van der Waals surface area contributed by atoms with Crippen molar-refractivity contribution in [2.24, 2.45) is 0 Å². The fraction of sp³-hybridized carbons (Fsp3) is 0.400. The molecule has 0 bridgehead atoms. The first-order valence-electron chi connectivity index (χ1n) is 9.18. The van der Waals surface area contributed by atoms with Crippen LogP contribution in [-0.4, -0.2) is 46.0 Å². The van der Waals surface area contributed by atoms with Crippen LogP contribution in [0.25, 0.3) is 16.2 Å². The molecule has 1 aliphatic rings. The van der Waals surface area contributed by atoms with E-state index in [1.165, 1.54) is 12.1 Å². The minimum atomic E-state index is -0.254. The molecule has 1 amide bonds. The summed E-state index contributed by atoms with van der Waals surface area (Å²) in [5.74, 6) is -0.175. The molecule has 1 unspecified atom stereocenters. The van der Waals surface area contributed by atoms with Gasteiger partial charge in [0.1, 0.15) is 5.82 Å².